The van der Waals surface area contributed by atoms with Crippen molar-refractivity contribution in [3.63, 3.8) is 0 Å². The molecule has 1 nitrogen and oxygen atoms in total. The zero-order chi connectivity index (χ0) is 12.9. The summed E-state index contributed by atoms with van der Waals surface area (Å²) in [7, 11) is 0. The van der Waals surface area contributed by atoms with Crippen LogP contribution in [0.1, 0.15) is 37.4 Å². The minimum absolute atomic E-state index is 0.172. The van der Waals surface area contributed by atoms with Gasteiger partial charge in [-0.2, -0.15) is 0 Å². The maximum atomic E-state index is 6.54. The fraction of sp³-hybridized carbons (Fsp3) is 0.412. The average molecular weight is 239 g/mol. The van der Waals surface area contributed by atoms with E-state index in [1.54, 1.807) is 0 Å². The molecule has 1 heteroatoms. The third-order valence-corrected chi connectivity index (χ3v) is 4.55. The van der Waals surface area contributed by atoms with Crippen LogP contribution >= 0.6 is 0 Å². The Morgan fingerprint density at radius 3 is 2.50 bits per heavy atom. The van der Waals surface area contributed by atoms with E-state index in [1.165, 1.54) is 28.3 Å². The van der Waals surface area contributed by atoms with Gasteiger partial charge in [0, 0.05) is 6.04 Å². The molecule has 0 radical (unpaired) electrons. The molecular formula is C17H21N. The standard InChI is InChI=1S/C17H21N/c1-11-8-9-12-6-4-5-7-13(12)15(11)16(18)14-10-17(14,2)3/h4-9,14,16H,10,18H2,1-3H3. The molecule has 18 heavy (non-hydrogen) atoms. The van der Waals surface area contributed by atoms with Crippen molar-refractivity contribution < 1.29 is 0 Å². The van der Waals surface area contributed by atoms with Crippen molar-refractivity contribution in [3.8, 4) is 0 Å². The molecule has 2 aromatic rings. The van der Waals surface area contributed by atoms with E-state index in [4.69, 9.17) is 5.73 Å². The molecule has 0 bridgehead atoms. The van der Waals surface area contributed by atoms with Crippen molar-refractivity contribution in [3.05, 3.63) is 47.5 Å². The maximum Gasteiger partial charge on any atom is 0.0337 e. The van der Waals surface area contributed by atoms with E-state index < -0.39 is 0 Å². The predicted octanol–water partition coefficient (Wildman–Crippen LogP) is 4.19. The summed E-state index contributed by atoms with van der Waals surface area (Å²) in [6.07, 6.45) is 1.25. The Bertz CT molecular complexity index is 598. The Labute approximate surface area is 109 Å². The number of hydrogen-bond acceptors (Lipinski definition) is 1. The summed E-state index contributed by atoms with van der Waals surface area (Å²) in [6, 6.07) is 13.1. The molecule has 1 fully saturated rings. The van der Waals surface area contributed by atoms with Gasteiger partial charge >= 0.3 is 0 Å². The van der Waals surface area contributed by atoms with Gasteiger partial charge in [-0.1, -0.05) is 50.2 Å². The van der Waals surface area contributed by atoms with Gasteiger partial charge in [0.1, 0.15) is 0 Å². The second-order valence-corrected chi connectivity index (χ2v) is 6.34. The van der Waals surface area contributed by atoms with Gasteiger partial charge in [0.25, 0.3) is 0 Å². The molecule has 0 aliphatic heterocycles. The highest BCUT2D eigenvalue weighted by molar-refractivity contribution is 5.87. The lowest BCUT2D eigenvalue weighted by molar-refractivity contribution is 0.492. The first-order valence-electron chi connectivity index (χ1n) is 6.74. The predicted molar refractivity (Wildman–Crippen MR) is 77.5 cm³/mol. The van der Waals surface area contributed by atoms with Crippen LogP contribution in [0.3, 0.4) is 0 Å². The molecule has 94 valence electrons. The Hall–Kier alpha value is -1.34. The van der Waals surface area contributed by atoms with E-state index in [1.807, 2.05) is 0 Å². The molecule has 0 amide bonds. The SMILES string of the molecule is Cc1ccc2ccccc2c1C(N)C1CC1(C)C. The van der Waals surface area contributed by atoms with Crippen LogP contribution in [-0.2, 0) is 0 Å². The minimum atomic E-state index is 0.172. The molecule has 1 saturated carbocycles. The Balaban J connectivity index is 2.13. The molecular weight excluding hydrogens is 218 g/mol. The van der Waals surface area contributed by atoms with E-state index >= 15 is 0 Å². The molecule has 2 atom stereocenters. The Kier molecular flexibility index (Phi) is 2.49. The summed E-state index contributed by atoms with van der Waals surface area (Å²) in [5.74, 6) is 0.627. The number of nitrogens with two attached hydrogens (primary N) is 1. The van der Waals surface area contributed by atoms with Crippen LogP contribution in [0.2, 0.25) is 0 Å². The Morgan fingerprint density at radius 1 is 1.17 bits per heavy atom. The zero-order valence-electron chi connectivity index (χ0n) is 11.4. The summed E-state index contributed by atoms with van der Waals surface area (Å²) in [5, 5.41) is 2.62. The van der Waals surface area contributed by atoms with E-state index in [-0.39, 0.29) is 6.04 Å². The number of rotatable bonds is 2. The summed E-state index contributed by atoms with van der Waals surface area (Å²) >= 11 is 0. The van der Waals surface area contributed by atoms with Crippen LogP contribution in [0.5, 0.6) is 0 Å². The van der Waals surface area contributed by atoms with Gasteiger partial charge in [0.05, 0.1) is 0 Å². The van der Waals surface area contributed by atoms with Crippen molar-refractivity contribution in [2.45, 2.75) is 33.2 Å². The third kappa shape index (κ3) is 1.74. The van der Waals surface area contributed by atoms with Gasteiger partial charge in [-0.3, -0.25) is 0 Å². The zero-order valence-corrected chi connectivity index (χ0v) is 11.4. The second-order valence-electron chi connectivity index (χ2n) is 6.34. The monoisotopic (exact) mass is 239 g/mol. The molecule has 0 aromatic heterocycles. The van der Waals surface area contributed by atoms with Crippen molar-refractivity contribution in [2.24, 2.45) is 17.1 Å². The number of fused-ring (bicyclic) bond motifs is 1. The van der Waals surface area contributed by atoms with Crippen LogP contribution in [0.15, 0.2) is 36.4 Å². The van der Waals surface area contributed by atoms with Gasteiger partial charge < -0.3 is 5.73 Å². The fourth-order valence-electron chi connectivity index (χ4n) is 3.17. The van der Waals surface area contributed by atoms with E-state index in [0.29, 0.717) is 11.3 Å². The number of aryl methyl sites for hydroxylation is 1. The van der Waals surface area contributed by atoms with Crippen molar-refractivity contribution >= 4 is 10.8 Å². The Morgan fingerprint density at radius 2 is 1.83 bits per heavy atom. The van der Waals surface area contributed by atoms with Crippen molar-refractivity contribution in [2.75, 3.05) is 0 Å². The number of benzene rings is 2. The smallest absolute Gasteiger partial charge is 0.0337 e. The highest BCUT2D eigenvalue weighted by atomic mass is 14.7. The summed E-state index contributed by atoms with van der Waals surface area (Å²) in [6.45, 7) is 6.81. The highest BCUT2D eigenvalue weighted by Gasteiger charge is 2.49. The molecule has 2 aromatic carbocycles. The van der Waals surface area contributed by atoms with Gasteiger partial charge in [-0.05, 0) is 46.6 Å². The first-order chi connectivity index (χ1) is 8.50. The molecule has 2 unspecified atom stereocenters. The average Bonchev–Trinajstić information content (AvgIpc) is 2.98. The number of hydrogen-bond donors (Lipinski definition) is 1. The third-order valence-electron chi connectivity index (χ3n) is 4.55. The molecule has 0 spiro atoms. The maximum absolute atomic E-state index is 6.54. The largest absolute Gasteiger partial charge is 0.324 e. The fourth-order valence-corrected chi connectivity index (χ4v) is 3.17. The molecule has 2 N–H and O–H groups in total. The van der Waals surface area contributed by atoms with Crippen molar-refractivity contribution in [1.82, 2.24) is 0 Å². The molecule has 1 aliphatic carbocycles. The first-order valence-corrected chi connectivity index (χ1v) is 6.74. The van der Waals surface area contributed by atoms with Crippen LogP contribution in [0.4, 0.5) is 0 Å². The normalized spacial score (nSPS) is 23.0. The lowest BCUT2D eigenvalue weighted by Crippen LogP contribution is -2.17. The van der Waals surface area contributed by atoms with Crippen LogP contribution < -0.4 is 5.73 Å². The lowest BCUT2D eigenvalue weighted by atomic mass is 9.90. The molecule has 1 aliphatic rings. The van der Waals surface area contributed by atoms with Gasteiger partial charge in [-0.15, -0.1) is 0 Å². The first kappa shape index (κ1) is 11.7. The van der Waals surface area contributed by atoms with E-state index in [2.05, 4.69) is 57.2 Å². The summed E-state index contributed by atoms with van der Waals surface area (Å²) in [5.41, 5.74) is 9.64. The lowest BCUT2D eigenvalue weighted by Gasteiger charge is -2.19. The van der Waals surface area contributed by atoms with Crippen LogP contribution in [0, 0.1) is 18.3 Å². The van der Waals surface area contributed by atoms with E-state index in [0.717, 1.165) is 0 Å². The van der Waals surface area contributed by atoms with E-state index in [9.17, 15) is 0 Å². The molecule has 0 heterocycles. The quantitative estimate of drug-likeness (QED) is 0.835. The minimum Gasteiger partial charge on any atom is -0.324 e. The van der Waals surface area contributed by atoms with Gasteiger partial charge in [0.2, 0.25) is 0 Å². The van der Waals surface area contributed by atoms with Gasteiger partial charge in [0.15, 0.2) is 0 Å². The summed E-state index contributed by atoms with van der Waals surface area (Å²) < 4.78 is 0. The highest BCUT2D eigenvalue weighted by Crippen LogP contribution is 2.57. The summed E-state index contributed by atoms with van der Waals surface area (Å²) in [4.78, 5) is 0. The molecule has 0 saturated heterocycles. The molecule has 3 rings (SSSR count). The van der Waals surface area contributed by atoms with Crippen LogP contribution in [-0.4, -0.2) is 0 Å². The van der Waals surface area contributed by atoms with Crippen LogP contribution in [0.25, 0.3) is 10.8 Å². The topological polar surface area (TPSA) is 26.0 Å². The van der Waals surface area contributed by atoms with Crippen molar-refractivity contribution in [1.29, 1.82) is 0 Å². The van der Waals surface area contributed by atoms with Gasteiger partial charge in [-0.25, -0.2) is 0 Å². The second kappa shape index (κ2) is 3.83.